The van der Waals surface area contributed by atoms with Gasteiger partial charge in [-0.3, -0.25) is 9.89 Å². The Morgan fingerprint density at radius 3 is 2.74 bits per heavy atom. The molecule has 1 amide bonds. The van der Waals surface area contributed by atoms with Gasteiger partial charge in [0.25, 0.3) is 5.91 Å². The van der Waals surface area contributed by atoms with E-state index in [9.17, 15) is 4.79 Å². The van der Waals surface area contributed by atoms with E-state index >= 15 is 0 Å². The molecule has 0 spiro atoms. The maximum Gasteiger partial charge on any atom is 0.254 e. The molecule has 1 fully saturated rings. The van der Waals surface area contributed by atoms with E-state index in [0.29, 0.717) is 17.9 Å². The number of hydrogen-bond donors (Lipinski definition) is 2. The molecule has 1 aliphatic heterocycles. The highest BCUT2D eigenvalue weighted by atomic mass is 16.2. The van der Waals surface area contributed by atoms with Gasteiger partial charge in [-0.15, -0.1) is 0 Å². The van der Waals surface area contributed by atoms with Crippen LogP contribution in [0.3, 0.4) is 0 Å². The van der Waals surface area contributed by atoms with Gasteiger partial charge in [0.15, 0.2) is 0 Å². The number of benzene rings is 1. The quantitative estimate of drug-likeness (QED) is 0.817. The van der Waals surface area contributed by atoms with Crippen molar-refractivity contribution in [2.75, 3.05) is 18.4 Å². The van der Waals surface area contributed by atoms with Crippen molar-refractivity contribution in [2.45, 2.75) is 59.4 Å². The number of aromatic nitrogens is 2. The van der Waals surface area contributed by atoms with Crippen LogP contribution in [-0.4, -0.2) is 40.1 Å². The highest BCUT2D eigenvalue weighted by Gasteiger charge is 2.28. The van der Waals surface area contributed by atoms with Gasteiger partial charge in [-0.1, -0.05) is 19.9 Å². The lowest BCUT2D eigenvalue weighted by molar-refractivity contribution is 0.0705. The van der Waals surface area contributed by atoms with Gasteiger partial charge < -0.3 is 10.2 Å². The third-order valence-corrected chi connectivity index (χ3v) is 5.80. The molecule has 0 unspecified atom stereocenters. The highest BCUT2D eigenvalue weighted by molar-refractivity contribution is 5.97. The van der Waals surface area contributed by atoms with Crippen molar-refractivity contribution in [1.29, 1.82) is 0 Å². The van der Waals surface area contributed by atoms with Gasteiger partial charge in [-0.05, 0) is 63.3 Å². The number of carbonyl (C=O) groups is 1. The molecule has 0 aliphatic carbocycles. The number of likely N-dealkylation sites (tertiary alicyclic amines) is 1. The number of aryl methyl sites for hydroxylation is 1. The second-order valence-corrected chi connectivity index (χ2v) is 8.22. The van der Waals surface area contributed by atoms with Crippen LogP contribution < -0.4 is 5.32 Å². The molecular formula is C22H32N4O. The van der Waals surface area contributed by atoms with E-state index in [1.807, 2.05) is 30.9 Å². The monoisotopic (exact) mass is 368 g/mol. The Bertz CT molecular complexity index is 795. The Kier molecular flexibility index (Phi) is 5.88. The van der Waals surface area contributed by atoms with Gasteiger partial charge in [0.05, 0.1) is 5.69 Å². The third-order valence-electron chi connectivity index (χ3n) is 5.80. The van der Waals surface area contributed by atoms with Crippen molar-refractivity contribution in [3.63, 3.8) is 0 Å². The number of carbonyl (C=O) groups excluding carboxylic acids is 1. The Labute approximate surface area is 162 Å². The zero-order chi connectivity index (χ0) is 19.6. The van der Waals surface area contributed by atoms with Gasteiger partial charge >= 0.3 is 0 Å². The third kappa shape index (κ3) is 4.34. The van der Waals surface area contributed by atoms with Gasteiger partial charge in [0, 0.05) is 42.0 Å². The Balaban J connectivity index is 1.77. The number of nitrogens with one attached hydrogen (secondary N) is 2. The van der Waals surface area contributed by atoms with Gasteiger partial charge in [0.1, 0.15) is 0 Å². The first-order valence-electron chi connectivity index (χ1n) is 10.0. The molecule has 1 aromatic carbocycles. The average molecular weight is 369 g/mol. The standard InChI is InChI=1S/C22H32N4O/c1-14(2)17(5)23-20-10-6-9-19(16(20)4)22(27)26-11-7-8-18(13-26)21-12-15(3)24-25-21/h6,9-10,12,14,17-18,23H,7-8,11,13H2,1-5H3,(H,24,25)/t17-,18+/m0/s1. The van der Waals surface area contributed by atoms with Crippen LogP contribution in [-0.2, 0) is 0 Å². The second kappa shape index (κ2) is 8.15. The molecular weight excluding hydrogens is 336 g/mol. The molecule has 2 aromatic rings. The molecule has 0 radical (unpaired) electrons. The normalized spacial score (nSPS) is 18.6. The SMILES string of the molecule is Cc1cc([C@@H]2CCCN(C(=O)c3cccc(N[C@@H](C)C(C)C)c3C)C2)n[nH]1. The second-order valence-electron chi connectivity index (χ2n) is 8.22. The maximum atomic E-state index is 13.2. The van der Waals surface area contributed by atoms with Crippen molar-refractivity contribution in [1.82, 2.24) is 15.1 Å². The van der Waals surface area contributed by atoms with Crippen molar-refractivity contribution in [3.05, 3.63) is 46.8 Å². The summed E-state index contributed by atoms with van der Waals surface area (Å²) in [7, 11) is 0. The lowest BCUT2D eigenvalue weighted by Gasteiger charge is -2.32. The van der Waals surface area contributed by atoms with Crippen molar-refractivity contribution in [3.8, 4) is 0 Å². The molecule has 0 saturated carbocycles. The van der Waals surface area contributed by atoms with E-state index < -0.39 is 0 Å². The smallest absolute Gasteiger partial charge is 0.254 e. The van der Waals surface area contributed by atoms with E-state index in [0.717, 1.165) is 54.1 Å². The van der Waals surface area contributed by atoms with Crippen LogP contribution in [0, 0.1) is 19.8 Å². The first-order valence-corrected chi connectivity index (χ1v) is 10.0. The van der Waals surface area contributed by atoms with Crippen molar-refractivity contribution in [2.24, 2.45) is 5.92 Å². The lowest BCUT2D eigenvalue weighted by atomic mass is 9.93. The molecule has 2 atom stereocenters. The Hall–Kier alpha value is -2.30. The predicted molar refractivity (Wildman–Crippen MR) is 110 cm³/mol. The molecule has 146 valence electrons. The molecule has 1 saturated heterocycles. The van der Waals surface area contributed by atoms with Crippen molar-refractivity contribution < 1.29 is 4.79 Å². The summed E-state index contributed by atoms with van der Waals surface area (Å²) in [6, 6.07) is 8.45. The number of amides is 1. The number of hydrogen-bond acceptors (Lipinski definition) is 3. The summed E-state index contributed by atoms with van der Waals surface area (Å²) in [6.45, 7) is 12.2. The minimum Gasteiger partial charge on any atom is -0.382 e. The predicted octanol–water partition coefficient (Wildman–Crippen LogP) is 4.50. The number of aromatic amines is 1. The van der Waals surface area contributed by atoms with Gasteiger partial charge in [-0.2, -0.15) is 5.10 Å². The largest absolute Gasteiger partial charge is 0.382 e. The van der Waals surface area contributed by atoms with E-state index in [1.165, 1.54) is 0 Å². The summed E-state index contributed by atoms with van der Waals surface area (Å²) in [5, 5.41) is 11.0. The zero-order valence-corrected chi connectivity index (χ0v) is 17.2. The van der Waals surface area contributed by atoms with Crippen LogP contribution in [0.15, 0.2) is 24.3 Å². The van der Waals surface area contributed by atoms with Crippen LogP contribution in [0.5, 0.6) is 0 Å². The molecule has 0 bridgehead atoms. The van der Waals surface area contributed by atoms with Gasteiger partial charge in [0.2, 0.25) is 0 Å². The zero-order valence-electron chi connectivity index (χ0n) is 17.2. The summed E-state index contributed by atoms with van der Waals surface area (Å²) in [4.78, 5) is 15.2. The average Bonchev–Trinajstić information content (AvgIpc) is 3.09. The fourth-order valence-corrected chi connectivity index (χ4v) is 3.66. The summed E-state index contributed by atoms with van der Waals surface area (Å²) in [5.74, 6) is 0.976. The first-order chi connectivity index (χ1) is 12.9. The summed E-state index contributed by atoms with van der Waals surface area (Å²) < 4.78 is 0. The molecule has 1 aliphatic rings. The molecule has 27 heavy (non-hydrogen) atoms. The minimum absolute atomic E-state index is 0.130. The van der Waals surface area contributed by atoms with Crippen LogP contribution in [0.4, 0.5) is 5.69 Å². The van der Waals surface area contributed by atoms with Crippen LogP contribution in [0.25, 0.3) is 0 Å². The number of H-pyrrole nitrogens is 1. The summed E-state index contributed by atoms with van der Waals surface area (Å²) >= 11 is 0. The fourth-order valence-electron chi connectivity index (χ4n) is 3.66. The van der Waals surface area contributed by atoms with E-state index in [-0.39, 0.29) is 5.91 Å². The molecule has 5 nitrogen and oxygen atoms in total. The molecule has 3 rings (SSSR count). The van der Waals surface area contributed by atoms with Crippen molar-refractivity contribution >= 4 is 11.6 Å². The van der Waals surface area contributed by atoms with E-state index in [2.05, 4.69) is 48.4 Å². The van der Waals surface area contributed by atoms with Crippen LogP contribution >= 0.6 is 0 Å². The Morgan fingerprint density at radius 1 is 1.30 bits per heavy atom. The molecule has 5 heteroatoms. The summed E-state index contributed by atoms with van der Waals surface area (Å²) in [6.07, 6.45) is 2.10. The number of piperidine rings is 1. The Morgan fingerprint density at radius 2 is 2.07 bits per heavy atom. The number of anilines is 1. The van der Waals surface area contributed by atoms with E-state index in [4.69, 9.17) is 0 Å². The summed E-state index contributed by atoms with van der Waals surface area (Å²) in [5.41, 5.74) is 5.03. The first kappa shape index (κ1) is 19.5. The molecule has 2 heterocycles. The topological polar surface area (TPSA) is 61.0 Å². The fraction of sp³-hybridized carbons (Fsp3) is 0.545. The number of nitrogens with zero attached hydrogens (tertiary/aromatic N) is 2. The van der Waals surface area contributed by atoms with Gasteiger partial charge in [-0.25, -0.2) is 0 Å². The van der Waals surface area contributed by atoms with Crippen LogP contribution in [0.2, 0.25) is 0 Å². The highest BCUT2D eigenvalue weighted by Crippen LogP contribution is 2.28. The molecule has 2 N–H and O–H groups in total. The minimum atomic E-state index is 0.130. The maximum absolute atomic E-state index is 13.2. The van der Waals surface area contributed by atoms with Crippen LogP contribution in [0.1, 0.15) is 66.8 Å². The lowest BCUT2D eigenvalue weighted by Crippen LogP contribution is -2.39. The molecule has 1 aromatic heterocycles. The number of rotatable bonds is 5. The van der Waals surface area contributed by atoms with E-state index in [1.54, 1.807) is 0 Å².